The van der Waals surface area contributed by atoms with Gasteiger partial charge in [0.1, 0.15) is 5.01 Å². The van der Waals surface area contributed by atoms with Gasteiger partial charge in [0.15, 0.2) is 0 Å². The van der Waals surface area contributed by atoms with Crippen LogP contribution >= 0.6 is 39.7 Å². The highest BCUT2D eigenvalue weighted by Gasteiger charge is 2.17. The minimum absolute atomic E-state index is 0. The molecule has 4 nitrogen and oxygen atoms in total. The van der Waals surface area contributed by atoms with Crippen molar-refractivity contribution in [2.24, 2.45) is 11.7 Å². The molecule has 3 N–H and O–H groups in total. The smallest absolute Gasteiger partial charge is 0.224 e. The van der Waals surface area contributed by atoms with E-state index in [0.717, 1.165) is 20.7 Å². The molecule has 2 rings (SSSR count). The summed E-state index contributed by atoms with van der Waals surface area (Å²) in [4.78, 5) is 16.5. The Balaban J connectivity index is 0.00000242. The summed E-state index contributed by atoms with van der Waals surface area (Å²) >= 11 is 4.97. The van der Waals surface area contributed by atoms with Crippen LogP contribution < -0.4 is 11.1 Å². The molecule has 2 atom stereocenters. The van der Waals surface area contributed by atoms with Crippen LogP contribution in [0.2, 0.25) is 0 Å². The molecular formula is C15H19BrClN3OS. The van der Waals surface area contributed by atoms with Crippen LogP contribution in [0.5, 0.6) is 0 Å². The number of hydrogen-bond donors (Lipinski definition) is 2. The number of benzene rings is 1. The summed E-state index contributed by atoms with van der Waals surface area (Å²) in [5.41, 5.74) is 7.49. The molecule has 0 aliphatic rings. The van der Waals surface area contributed by atoms with E-state index in [1.165, 1.54) is 0 Å². The van der Waals surface area contributed by atoms with Crippen LogP contribution in [0, 0.1) is 5.92 Å². The van der Waals surface area contributed by atoms with Crippen molar-refractivity contribution in [3.05, 3.63) is 39.1 Å². The topological polar surface area (TPSA) is 68.0 Å². The summed E-state index contributed by atoms with van der Waals surface area (Å²) < 4.78 is 1.04. The standard InChI is InChI=1S/C15H18BrN3OS.ClH/c1-9(7-17)14(20)18-10(2)15-19-13(8-21-15)11-3-5-12(16)6-4-11;/h3-6,8-10H,7,17H2,1-2H3,(H,18,20);1H. The van der Waals surface area contributed by atoms with Gasteiger partial charge in [-0.05, 0) is 19.1 Å². The zero-order valence-electron chi connectivity index (χ0n) is 12.4. The van der Waals surface area contributed by atoms with Crippen molar-refractivity contribution in [1.29, 1.82) is 0 Å². The average Bonchev–Trinajstić information content (AvgIpc) is 2.97. The lowest BCUT2D eigenvalue weighted by Crippen LogP contribution is -2.34. The Hall–Kier alpha value is -0.950. The van der Waals surface area contributed by atoms with Crippen molar-refractivity contribution in [3.8, 4) is 11.3 Å². The third-order valence-electron chi connectivity index (χ3n) is 3.19. The maximum absolute atomic E-state index is 11.9. The molecular weight excluding hydrogens is 386 g/mol. The molecule has 1 amide bonds. The van der Waals surface area contributed by atoms with Crippen LogP contribution in [0.1, 0.15) is 24.9 Å². The number of nitrogens with zero attached hydrogens (tertiary/aromatic N) is 1. The molecule has 0 aliphatic carbocycles. The molecule has 1 aromatic carbocycles. The third-order valence-corrected chi connectivity index (χ3v) is 4.75. The van der Waals surface area contributed by atoms with Crippen molar-refractivity contribution in [2.45, 2.75) is 19.9 Å². The Morgan fingerprint density at radius 2 is 2.00 bits per heavy atom. The molecule has 1 heterocycles. The van der Waals surface area contributed by atoms with Crippen LogP contribution in [0.4, 0.5) is 0 Å². The highest BCUT2D eigenvalue weighted by molar-refractivity contribution is 9.10. The molecule has 22 heavy (non-hydrogen) atoms. The lowest BCUT2D eigenvalue weighted by Gasteiger charge is -2.14. The van der Waals surface area contributed by atoms with Gasteiger partial charge in [-0.2, -0.15) is 0 Å². The van der Waals surface area contributed by atoms with E-state index in [1.807, 2.05) is 43.5 Å². The predicted molar refractivity (Wildman–Crippen MR) is 97.3 cm³/mol. The Labute approximate surface area is 149 Å². The fourth-order valence-corrected chi connectivity index (χ4v) is 2.86. The predicted octanol–water partition coefficient (Wildman–Crippen LogP) is 3.77. The van der Waals surface area contributed by atoms with E-state index in [0.29, 0.717) is 6.54 Å². The molecule has 0 bridgehead atoms. The SMILES string of the molecule is CC(CN)C(=O)NC(C)c1nc(-c2ccc(Br)cc2)cs1.Cl. The van der Waals surface area contributed by atoms with Gasteiger partial charge in [-0.25, -0.2) is 4.98 Å². The summed E-state index contributed by atoms with van der Waals surface area (Å²) in [6.07, 6.45) is 0. The molecule has 0 fully saturated rings. The molecule has 2 aromatic rings. The molecule has 0 spiro atoms. The number of nitrogens with one attached hydrogen (secondary N) is 1. The molecule has 120 valence electrons. The number of thiazole rings is 1. The van der Waals surface area contributed by atoms with Crippen LogP contribution in [-0.2, 0) is 4.79 Å². The number of halogens is 2. The van der Waals surface area contributed by atoms with Crippen molar-refractivity contribution >= 4 is 45.6 Å². The largest absolute Gasteiger partial charge is 0.347 e. The second kappa shape index (κ2) is 8.62. The fourth-order valence-electron chi connectivity index (χ4n) is 1.76. The van der Waals surface area contributed by atoms with E-state index in [-0.39, 0.29) is 30.3 Å². The van der Waals surface area contributed by atoms with E-state index >= 15 is 0 Å². The van der Waals surface area contributed by atoms with Crippen LogP contribution in [0.3, 0.4) is 0 Å². The number of carbonyl (C=O) groups is 1. The van der Waals surface area contributed by atoms with Gasteiger partial charge in [0, 0.05) is 27.9 Å². The van der Waals surface area contributed by atoms with Gasteiger partial charge >= 0.3 is 0 Å². The number of amides is 1. The Morgan fingerprint density at radius 1 is 1.36 bits per heavy atom. The molecule has 0 saturated carbocycles. The summed E-state index contributed by atoms with van der Waals surface area (Å²) in [6.45, 7) is 4.10. The van der Waals surface area contributed by atoms with Gasteiger partial charge in [-0.3, -0.25) is 4.79 Å². The number of rotatable bonds is 5. The molecule has 0 saturated heterocycles. The lowest BCUT2D eigenvalue weighted by atomic mass is 10.1. The normalized spacial score (nSPS) is 13.1. The van der Waals surface area contributed by atoms with E-state index in [2.05, 4.69) is 26.2 Å². The molecule has 7 heteroatoms. The van der Waals surface area contributed by atoms with Crippen LogP contribution in [0.15, 0.2) is 34.1 Å². The van der Waals surface area contributed by atoms with E-state index in [4.69, 9.17) is 5.73 Å². The van der Waals surface area contributed by atoms with E-state index in [9.17, 15) is 4.79 Å². The zero-order valence-corrected chi connectivity index (χ0v) is 15.6. The number of hydrogen-bond acceptors (Lipinski definition) is 4. The maximum Gasteiger partial charge on any atom is 0.224 e. The molecule has 2 unspecified atom stereocenters. The first-order valence-corrected chi connectivity index (χ1v) is 8.40. The summed E-state index contributed by atoms with van der Waals surface area (Å²) in [5, 5.41) is 5.84. The Bertz CT molecular complexity index is 618. The molecule has 0 aliphatic heterocycles. The summed E-state index contributed by atoms with van der Waals surface area (Å²) in [6, 6.07) is 7.90. The number of carbonyl (C=O) groups excluding carboxylic acids is 1. The Morgan fingerprint density at radius 3 is 2.59 bits per heavy atom. The summed E-state index contributed by atoms with van der Waals surface area (Å²) in [7, 11) is 0. The van der Waals surface area contributed by atoms with Gasteiger partial charge in [0.25, 0.3) is 0 Å². The second-order valence-electron chi connectivity index (χ2n) is 4.94. The molecule has 1 aromatic heterocycles. The minimum atomic E-state index is -0.182. The van der Waals surface area contributed by atoms with Crippen molar-refractivity contribution in [2.75, 3.05) is 6.54 Å². The first kappa shape index (κ1) is 19.1. The number of aromatic nitrogens is 1. The van der Waals surface area contributed by atoms with Crippen LogP contribution in [0.25, 0.3) is 11.3 Å². The lowest BCUT2D eigenvalue weighted by molar-refractivity contribution is -0.124. The number of nitrogens with two attached hydrogens (primary N) is 1. The summed E-state index contributed by atoms with van der Waals surface area (Å²) in [5.74, 6) is -0.219. The Kier molecular flexibility index (Phi) is 7.48. The monoisotopic (exact) mass is 403 g/mol. The van der Waals surface area contributed by atoms with Gasteiger partial charge in [-0.15, -0.1) is 23.7 Å². The highest BCUT2D eigenvalue weighted by atomic mass is 79.9. The highest BCUT2D eigenvalue weighted by Crippen LogP contribution is 2.26. The first-order chi connectivity index (χ1) is 10.0. The zero-order chi connectivity index (χ0) is 15.4. The van der Waals surface area contributed by atoms with Gasteiger partial charge in [0.2, 0.25) is 5.91 Å². The third kappa shape index (κ3) is 4.78. The van der Waals surface area contributed by atoms with Gasteiger partial charge < -0.3 is 11.1 Å². The first-order valence-electron chi connectivity index (χ1n) is 6.73. The average molecular weight is 405 g/mol. The van der Waals surface area contributed by atoms with Crippen molar-refractivity contribution in [3.63, 3.8) is 0 Å². The molecule has 0 radical (unpaired) electrons. The minimum Gasteiger partial charge on any atom is -0.347 e. The van der Waals surface area contributed by atoms with Gasteiger partial charge in [-0.1, -0.05) is 35.0 Å². The van der Waals surface area contributed by atoms with Gasteiger partial charge in [0.05, 0.1) is 11.7 Å². The maximum atomic E-state index is 11.9. The quantitative estimate of drug-likeness (QED) is 0.797. The van der Waals surface area contributed by atoms with Crippen molar-refractivity contribution in [1.82, 2.24) is 10.3 Å². The van der Waals surface area contributed by atoms with E-state index in [1.54, 1.807) is 11.3 Å². The van der Waals surface area contributed by atoms with Crippen LogP contribution in [-0.4, -0.2) is 17.4 Å². The van der Waals surface area contributed by atoms with Crippen molar-refractivity contribution < 1.29 is 4.79 Å². The van der Waals surface area contributed by atoms with E-state index < -0.39 is 0 Å². The second-order valence-corrected chi connectivity index (χ2v) is 6.75. The fraction of sp³-hybridized carbons (Fsp3) is 0.333.